The molecule has 0 amide bonds. The maximum absolute atomic E-state index is 5.38. The number of hydrogen-bond acceptors (Lipinski definition) is 5. The van der Waals surface area contributed by atoms with Crippen molar-refractivity contribution in [1.82, 2.24) is 10.2 Å². The highest BCUT2D eigenvalue weighted by Gasteiger charge is 2.10. The van der Waals surface area contributed by atoms with Crippen molar-refractivity contribution in [1.29, 1.82) is 0 Å². The predicted octanol–water partition coefficient (Wildman–Crippen LogP) is 2.51. The molecule has 0 saturated carbocycles. The second-order valence-electron chi connectivity index (χ2n) is 4.08. The number of nitrogens with one attached hydrogen (secondary N) is 1. The van der Waals surface area contributed by atoms with Gasteiger partial charge in [-0.25, -0.2) is 0 Å². The van der Waals surface area contributed by atoms with Crippen LogP contribution in [-0.2, 0) is 0 Å². The predicted molar refractivity (Wildman–Crippen MR) is 74.9 cm³/mol. The van der Waals surface area contributed by atoms with Crippen molar-refractivity contribution in [2.75, 3.05) is 26.6 Å². The Balaban J connectivity index is 2.49. The summed E-state index contributed by atoms with van der Waals surface area (Å²) in [5.41, 5.74) is 2.70. The summed E-state index contributed by atoms with van der Waals surface area (Å²) in [6.45, 7) is 1.99. The largest absolute Gasteiger partial charge is 0.497 e. The first-order valence-electron chi connectivity index (χ1n) is 5.94. The minimum Gasteiger partial charge on any atom is -0.497 e. The van der Waals surface area contributed by atoms with Crippen LogP contribution in [0.15, 0.2) is 24.3 Å². The summed E-state index contributed by atoms with van der Waals surface area (Å²) in [4.78, 5) is 0. The molecule has 1 heterocycles. The fourth-order valence-electron chi connectivity index (χ4n) is 1.87. The third kappa shape index (κ3) is 2.59. The molecule has 5 heteroatoms. The van der Waals surface area contributed by atoms with Crippen LogP contribution in [0, 0.1) is 6.92 Å². The summed E-state index contributed by atoms with van der Waals surface area (Å²) in [5, 5.41) is 11.4. The van der Waals surface area contributed by atoms with Gasteiger partial charge in [-0.05, 0) is 30.7 Å². The molecule has 5 nitrogen and oxygen atoms in total. The van der Waals surface area contributed by atoms with Gasteiger partial charge in [0, 0.05) is 18.7 Å². The molecule has 1 N–H and O–H groups in total. The van der Waals surface area contributed by atoms with Crippen molar-refractivity contribution in [3.05, 3.63) is 29.8 Å². The first kappa shape index (κ1) is 13.1. The van der Waals surface area contributed by atoms with Gasteiger partial charge in [-0.15, -0.1) is 10.2 Å². The van der Waals surface area contributed by atoms with Gasteiger partial charge in [0.05, 0.1) is 19.9 Å². The lowest BCUT2D eigenvalue weighted by Gasteiger charge is -2.11. The van der Waals surface area contributed by atoms with E-state index >= 15 is 0 Å². The molecule has 0 radical (unpaired) electrons. The molecular formula is C14H17N3O2. The van der Waals surface area contributed by atoms with Crippen LogP contribution in [0.1, 0.15) is 5.56 Å². The summed E-state index contributed by atoms with van der Waals surface area (Å²) in [6, 6.07) is 7.60. The Kier molecular flexibility index (Phi) is 3.85. The smallest absolute Gasteiger partial charge is 0.151 e. The van der Waals surface area contributed by atoms with Crippen LogP contribution >= 0.6 is 0 Å². The van der Waals surface area contributed by atoms with Crippen LogP contribution in [0.4, 0.5) is 5.82 Å². The fourth-order valence-corrected chi connectivity index (χ4v) is 1.87. The quantitative estimate of drug-likeness (QED) is 0.914. The van der Waals surface area contributed by atoms with Gasteiger partial charge in [0.1, 0.15) is 11.5 Å². The third-order valence-electron chi connectivity index (χ3n) is 2.91. The molecule has 0 aliphatic carbocycles. The number of aromatic nitrogens is 2. The molecule has 100 valence electrons. The third-order valence-corrected chi connectivity index (χ3v) is 2.91. The molecule has 0 saturated heterocycles. The number of nitrogens with zero attached hydrogens (tertiary/aromatic N) is 2. The van der Waals surface area contributed by atoms with E-state index in [0.717, 1.165) is 28.4 Å². The van der Waals surface area contributed by atoms with E-state index in [2.05, 4.69) is 15.5 Å². The number of benzene rings is 1. The van der Waals surface area contributed by atoms with E-state index in [0.29, 0.717) is 5.75 Å². The standard InChI is InChI=1S/C14H17N3O2/c1-9-7-12(16-17-14(9)15-2)11-6-5-10(18-3)8-13(11)19-4/h5-8H,1-4H3,(H,15,17). The lowest BCUT2D eigenvalue weighted by molar-refractivity contribution is 0.395. The van der Waals surface area contributed by atoms with Crippen LogP contribution in [-0.4, -0.2) is 31.5 Å². The Morgan fingerprint density at radius 3 is 2.42 bits per heavy atom. The van der Waals surface area contributed by atoms with E-state index in [4.69, 9.17) is 9.47 Å². The van der Waals surface area contributed by atoms with Crippen molar-refractivity contribution < 1.29 is 9.47 Å². The molecule has 2 aromatic rings. The van der Waals surface area contributed by atoms with E-state index in [1.807, 2.05) is 38.2 Å². The van der Waals surface area contributed by atoms with Gasteiger partial charge in [-0.1, -0.05) is 0 Å². The Morgan fingerprint density at radius 2 is 1.84 bits per heavy atom. The summed E-state index contributed by atoms with van der Waals surface area (Å²) in [5.74, 6) is 2.23. The Labute approximate surface area is 112 Å². The second-order valence-corrected chi connectivity index (χ2v) is 4.08. The summed E-state index contributed by atoms with van der Waals surface area (Å²) in [7, 11) is 5.07. The molecule has 0 fully saturated rings. The molecule has 2 rings (SSSR count). The first-order chi connectivity index (χ1) is 9.19. The highest BCUT2D eigenvalue weighted by molar-refractivity contribution is 5.69. The molecule has 19 heavy (non-hydrogen) atoms. The maximum Gasteiger partial charge on any atom is 0.151 e. The number of methoxy groups -OCH3 is 2. The Hall–Kier alpha value is -2.30. The van der Waals surface area contributed by atoms with Gasteiger partial charge in [-0.3, -0.25) is 0 Å². The van der Waals surface area contributed by atoms with E-state index in [1.165, 1.54) is 0 Å². The molecular weight excluding hydrogens is 242 g/mol. The van der Waals surface area contributed by atoms with Gasteiger partial charge >= 0.3 is 0 Å². The number of ether oxygens (including phenoxy) is 2. The van der Waals surface area contributed by atoms with Crippen LogP contribution in [0.25, 0.3) is 11.3 Å². The topological polar surface area (TPSA) is 56.3 Å². The molecule has 0 atom stereocenters. The molecule has 0 bridgehead atoms. The average molecular weight is 259 g/mol. The van der Waals surface area contributed by atoms with Gasteiger partial charge in [0.25, 0.3) is 0 Å². The average Bonchev–Trinajstić information content (AvgIpc) is 2.46. The van der Waals surface area contributed by atoms with E-state index in [9.17, 15) is 0 Å². The molecule has 0 spiro atoms. The number of hydrogen-bond donors (Lipinski definition) is 1. The van der Waals surface area contributed by atoms with Crippen molar-refractivity contribution in [2.24, 2.45) is 0 Å². The van der Waals surface area contributed by atoms with Crippen molar-refractivity contribution >= 4 is 5.82 Å². The molecule has 1 aromatic heterocycles. The minimum absolute atomic E-state index is 0.713. The zero-order valence-electron chi connectivity index (χ0n) is 11.5. The second kappa shape index (κ2) is 5.56. The number of anilines is 1. The maximum atomic E-state index is 5.38. The minimum atomic E-state index is 0.713. The first-order valence-corrected chi connectivity index (χ1v) is 5.94. The number of rotatable bonds is 4. The Morgan fingerprint density at radius 1 is 1.05 bits per heavy atom. The highest BCUT2D eigenvalue weighted by Crippen LogP contribution is 2.32. The molecule has 0 unspecified atom stereocenters. The monoisotopic (exact) mass is 259 g/mol. The van der Waals surface area contributed by atoms with E-state index < -0.39 is 0 Å². The molecule has 0 aliphatic heterocycles. The van der Waals surface area contributed by atoms with Crippen molar-refractivity contribution in [3.8, 4) is 22.8 Å². The SMILES string of the molecule is CNc1nnc(-c2ccc(OC)cc2OC)cc1C. The lowest BCUT2D eigenvalue weighted by atomic mass is 10.1. The van der Waals surface area contributed by atoms with Crippen LogP contribution < -0.4 is 14.8 Å². The molecule has 0 aliphatic rings. The zero-order chi connectivity index (χ0) is 13.8. The van der Waals surface area contributed by atoms with E-state index in [-0.39, 0.29) is 0 Å². The normalized spacial score (nSPS) is 10.1. The lowest BCUT2D eigenvalue weighted by Crippen LogP contribution is -2.00. The van der Waals surface area contributed by atoms with Gasteiger partial charge in [-0.2, -0.15) is 0 Å². The zero-order valence-corrected chi connectivity index (χ0v) is 11.5. The van der Waals surface area contributed by atoms with Gasteiger partial charge < -0.3 is 14.8 Å². The molecule has 1 aromatic carbocycles. The van der Waals surface area contributed by atoms with Gasteiger partial charge in [0.2, 0.25) is 0 Å². The summed E-state index contributed by atoms with van der Waals surface area (Å²) < 4.78 is 10.6. The van der Waals surface area contributed by atoms with Gasteiger partial charge in [0.15, 0.2) is 5.82 Å². The van der Waals surface area contributed by atoms with Crippen LogP contribution in [0.3, 0.4) is 0 Å². The van der Waals surface area contributed by atoms with Crippen LogP contribution in [0.5, 0.6) is 11.5 Å². The van der Waals surface area contributed by atoms with Crippen molar-refractivity contribution in [2.45, 2.75) is 6.92 Å². The summed E-state index contributed by atoms with van der Waals surface area (Å²) in [6.07, 6.45) is 0. The fraction of sp³-hybridized carbons (Fsp3) is 0.286. The number of aryl methyl sites for hydroxylation is 1. The van der Waals surface area contributed by atoms with Crippen LogP contribution in [0.2, 0.25) is 0 Å². The van der Waals surface area contributed by atoms with E-state index in [1.54, 1.807) is 14.2 Å². The highest BCUT2D eigenvalue weighted by atomic mass is 16.5. The van der Waals surface area contributed by atoms with Crippen molar-refractivity contribution in [3.63, 3.8) is 0 Å². The Bertz CT molecular complexity index is 585. The summed E-state index contributed by atoms with van der Waals surface area (Å²) >= 11 is 0.